The number of aromatic nitrogens is 2. The van der Waals surface area contributed by atoms with Crippen LogP contribution in [0.4, 0.5) is 35.2 Å². The van der Waals surface area contributed by atoms with E-state index in [1.165, 1.54) is 12.1 Å². The topological polar surface area (TPSA) is 114 Å². The molecule has 0 bridgehead atoms. The second-order valence-corrected chi connectivity index (χ2v) is 12.8. The Hall–Kier alpha value is -3.71. The Morgan fingerprint density at radius 1 is 1.05 bits per heavy atom. The van der Waals surface area contributed by atoms with Gasteiger partial charge in [0.05, 0.1) is 30.5 Å². The summed E-state index contributed by atoms with van der Waals surface area (Å²) in [5.74, 6) is 1.02. The molecule has 2 aliphatic rings. The summed E-state index contributed by atoms with van der Waals surface area (Å²) < 4.78 is 68.9. The van der Waals surface area contributed by atoms with Crippen LogP contribution < -0.4 is 15.5 Å². The fourth-order valence-electron chi connectivity index (χ4n) is 4.87. The molecular weight excluding hydrogens is 559 g/mol. The van der Waals surface area contributed by atoms with Crippen LogP contribution in [-0.4, -0.2) is 56.0 Å². The zero-order valence-corrected chi connectivity index (χ0v) is 23.3. The van der Waals surface area contributed by atoms with E-state index in [4.69, 9.17) is 14.7 Å². The molecule has 1 saturated heterocycles. The van der Waals surface area contributed by atoms with Gasteiger partial charge in [-0.3, -0.25) is 0 Å². The van der Waals surface area contributed by atoms with Gasteiger partial charge in [-0.25, -0.2) is 23.2 Å². The average Bonchev–Trinajstić information content (AvgIpc) is 3.76. The number of ether oxygens (including phenoxy) is 1. The molecule has 218 valence electrons. The molecule has 1 aliphatic heterocycles. The molecule has 1 aromatic heterocycles. The fourth-order valence-corrected chi connectivity index (χ4v) is 6.57. The number of nitrogens with one attached hydrogen (secondary N) is 2. The summed E-state index contributed by atoms with van der Waals surface area (Å²) in [6, 6.07) is 12.1. The predicted octanol–water partition coefficient (Wildman–Crippen LogP) is 5.46. The molecule has 1 atom stereocenters. The van der Waals surface area contributed by atoms with Crippen molar-refractivity contribution in [2.45, 2.75) is 43.7 Å². The molecule has 2 amide bonds. The number of hydrogen-bond donors (Lipinski definition) is 2. The number of alkyl halides is 3. The molecule has 2 heterocycles. The highest BCUT2D eigenvalue weighted by Gasteiger charge is 2.56. The minimum absolute atomic E-state index is 0.0184. The van der Waals surface area contributed by atoms with Crippen molar-refractivity contribution in [3.63, 3.8) is 0 Å². The van der Waals surface area contributed by atoms with Crippen LogP contribution in [0.15, 0.2) is 54.6 Å². The lowest BCUT2D eigenvalue weighted by Gasteiger charge is -2.34. The summed E-state index contributed by atoms with van der Waals surface area (Å²) in [6.07, 6.45) is -3.44. The van der Waals surface area contributed by atoms with Crippen molar-refractivity contribution < 1.29 is 31.1 Å². The van der Waals surface area contributed by atoms with E-state index in [-0.39, 0.29) is 17.5 Å². The molecule has 2 aromatic carbocycles. The van der Waals surface area contributed by atoms with Gasteiger partial charge in [-0.05, 0) is 68.3 Å². The van der Waals surface area contributed by atoms with Gasteiger partial charge in [-0.15, -0.1) is 0 Å². The van der Waals surface area contributed by atoms with Crippen LogP contribution in [0.3, 0.4) is 0 Å². The molecule has 13 heteroatoms. The zero-order valence-electron chi connectivity index (χ0n) is 22.5. The number of nitrogens with zero attached hydrogens (tertiary/aromatic N) is 3. The molecule has 1 aliphatic carbocycles. The number of hydrogen-bond acceptors (Lipinski definition) is 7. The molecule has 3 aromatic rings. The number of benzene rings is 2. The summed E-state index contributed by atoms with van der Waals surface area (Å²) in [5, 5.41) is 5.14. The van der Waals surface area contributed by atoms with E-state index in [0.29, 0.717) is 61.2 Å². The van der Waals surface area contributed by atoms with Crippen molar-refractivity contribution in [3.8, 4) is 11.4 Å². The number of urea groups is 1. The maximum atomic E-state index is 13.0. The summed E-state index contributed by atoms with van der Waals surface area (Å²) in [4.78, 5) is 24.0. The monoisotopic (exact) mass is 589 g/mol. The van der Waals surface area contributed by atoms with Crippen molar-refractivity contribution in [1.29, 1.82) is 0 Å². The Morgan fingerprint density at radius 3 is 2.20 bits per heavy atom. The Labute approximate surface area is 236 Å². The average molecular weight is 590 g/mol. The molecule has 0 spiro atoms. The number of carbonyl (C=O) groups excluding carboxylic acids is 1. The molecule has 2 fully saturated rings. The Balaban J connectivity index is 1.38. The van der Waals surface area contributed by atoms with Gasteiger partial charge in [-0.1, -0.05) is 6.92 Å². The molecule has 5 rings (SSSR count). The maximum absolute atomic E-state index is 13.0. The van der Waals surface area contributed by atoms with Gasteiger partial charge in [0.15, 0.2) is 15.7 Å². The van der Waals surface area contributed by atoms with Crippen LogP contribution in [0.25, 0.3) is 11.4 Å². The van der Waals surface area contributed by atoms with Crippen LogP contribution in [0.2, 0.25) is 0 Å². The first-order valence-electron chi connectivity index (χ1n) is 13.2. The number of carbonyl (C=O) groups is 1. The zero-order chi connectivity index (χ0) is 29.4. The highest BCUT2D eigenvalue weighted by Crippen LogP contribution is 2.53. The maximum Gasteiger partial charge on any atom is 0.416 e. The Kier molecular flexibility index (Phi) is 7.68. The summed E-state index contributed by atoms with van der Waals surface area (Å²) in [7, 11) is -3.40. The molecule has 9 nitrogen and oxygen atoms in total. The van der Waals surface area contributed by atoms with E-state index in [1.54, 1.807) is 37.3 Å². The molecule has 1 saturated carbocycles. The third kappa shape index (κ3) is 6.01. The minimum atomic E-state index is -4.46. The highest BCUT2D eigenvalue weighted by molar-refractivity contribution is 7.92. The van der Waals surface area contributed by atoms with Crippen molar-refractivity contribution in [3.05, 3.63) is 65.9 Å². The smallest absolute Gasteiger partial charge is 0.377 e. The molecule has 2 N–H and O–H groups in total. The fraction of sp³-hybridized carbons (Fsp3) is 0.393. The van der Waals surface area contributed by atoms with Gasteiger partial charge in [0.2, 0.25) is 0 Å². The van der Waals surface area contributed by atoms with E-state index in [2.05, 4.69) is 15.5 Å². The number of rotatable bonds is 7. The number of sulfone groups is 1. The normalized spacial score (nSPS) is 18.6. The molecule has 0 unspecified atom stereocenters. The number of morpholine rings is 1. The van der Waals surface area contributed by atoms with E-state index in [0.717, 1.165) is 12.1 Å². The van der Waals surface area contributed by atoms with E-state index >= 15 is 0 Å². The summed E-state index contributed by atoms with van der Waals surface area (Å²) in [5.41, 5.74) is 0.946. The summed E-state index contributed by atoms with van der Waals surface area (Å²) in [6.45, 7) is 5.34. The van der Waals surface area contributed by atoms with Gasteiger partial charge in [0.25, 0.3) is 0 Å². The van der Waals surface area contributed by atoms with Gasteiger partial charge >= 0.3 is 12.2 Å². The molecule has 41 heavy (non-hydrogen) atoms. The lowest BCUT2D eigenvalue weighted by molar-refractivity contribution is -0.137. The minimum Gasteiger partial charge on any atom is -0.377 e. The Bertz CT molecular complexity index is 1530. The van der Waals surface area contributed by atoms with E-state index in [1.807, 2.05) is 6.92 Å². The summed E-state index contributed by atoms with van der Waals surface area (Å²) >= 11 is 0. The Morgan fingerprint density at radius 2 is 1.66 bits per heavy atom. The van der Waals surface area contributed by atoms with Gasteiger partial charge < -0.3 is 20.3 Å². The lowest BCUT2D eigenvalue weighted by Crippen LogP contribution is -2.44. The van der Waals surface area contributed by atoms with Crippen LogP contribution >= 0.6 is 0 Å². The molecule has 0 radical (unpaired) electrons. The van der Waals surface area contributed by atoms with E-state index in [9.17, 15) is 26.4 Å². The first-order chi connectivity index (χ1) is 19.4. The first kappa shape index (κ1) is 28.8. The second kappa shape index (κ2) is 10.9. The van der Waals surface area contributed by atoms with E-state index < -0.39 is 32.4 Å². The quantitative estimate of drug-likeness (QED) is 0.377. The largest absolute Gasteiger partial charge is 0.416 e. The van der Waals surface area contributed by atoms with Crippen LogP contribution in [0, 0.1) is 0 Å². The van der Waals surface area contributed by atoms with Gasteiger partial charge in [0, 0.05) is 35.3 Å². The van der Waals surface area contributed by atoms with Crippen LogP contribution in [-0.2, 0) is 25.5 Å². The highest BCUT2D eigenvalue weighted by atomic mass is 32.2. The van der Waals surface area contributed by atoms with Gasteiger partial charge in [-0.2, -0.15) is 13.2 Å². The second-order valence-electron chi connectivity index (χ2n) is 10.2. The van der Waals surface area contributed by atoms with Crippen molar-refractivity contribution in [1.82, 2.24) is 9.97 Å². The first-order valence-corrected chi connectivity index (χ1v) is 14.9. The predicted molar refractivity (Wildman–Crippen MR) is 150 cm³/mol. The third-order valence-corrected chi connectivity index (χ3v) is 9.96. The van der Waals surface area contributed by atoms with Crippen LogP contribution in [0.1, 0.15) is 37.9 Å². The number of anilines is 3. The van der Waals surface area contributed by atoms with Crippen LogP contribution in [0.5, 0.6) is 0 Å². The number of halogens is 3. The van der Waals surface area contributed by atoms with Crippen molar-refractivity contribution in [2.24, 2.45) is 0 Å². The molecular formula is C28H30F3N5O4S. The standard InChI is InChI=1S/C28H30F3N5O4S/c1-3-41(38,39)27(12-13-27)23-16-24(36-14-15-40-17-18(36)2)35-25(34-23)19-4-8-21(9-5-19)32-26(37)33-22-10-6-20(7-11-22)28(29,30)31/h4-11,16,18H,3,12-15,17H2,1-2H3,(H2,32,33,37)/t18-/m0/s1. The van der Waals surface area contributed by atoms with Crippen molar-refractivity contribution >= 4 is 33.1 Å². The number of amides is 2. The van der Waals surface area contributed by atoms with Crippen molar-refractivity contribution in [2.75, 3.05) is 41.0 Å². The van der Waals surface area contributed by atoms with Gasteiger partial charge in [0.1, 0.15) is 10.6 Å². The lowest BCUT2D eigenvalue weighted by atomic mass is 10.1. The third-order valence-electron chi connectivity index (χ3n) is 7.39. The SMILES string of the molecule is CCS(=O)(=O)C1(c2cc(N3CCOC[C@@H]3C)nc(-c3ccc(NC(=O)Nc4ccc(C(F)(F)F)cc4)cc3)n2)CC1.